The molecule has 1 aromatic heterocycles. The van der Waals surface area contributed by atoms with Gasteiger partial charge in [-0.2, -0.15) is 0 Å². The van der Waals surface area contributed by atoms with E-state index in [1.807, 2.05) is 13.1 Å². The average molecular weight is 266 g/mol. The molecule has 0 amide bonds. The van der Waals surface area contributed by atoms with E-state index in [1.54, 1.807) is 24.7 Å². The van der Waals surface area contributed by atoms with E-state index in [0.29, 0.717) is 6.42 Å². The van der Waals surface area contributed by atoms with Crippen molar-refractivity contribution in [2.24, 2.45) is 0 Å². The van der Waals surface area contributed by atoms with Crippen LogP contribution in [0.25, 0.3) is 0 Å². The van der Waals surface area contributed by atoms with E-state index >= 15 is 0 Å². The van der Waals surface area contributed by atoms with Crippen molar-refractivity contribution in [2.75, 3.05) is 7.05 Å². The van der Waals surface area contributed by atoms with Crippen molar-refractivity contribution in [1.29, 1.82) is 0 Å². The minimum absolute atomic E-state index is 0.000671. The fraction of sp³-hybridized carbons (Fsp3) is 0.231. The Bertz CT molecular complexity index is 519. The van der Waals surface area contributed by atoms with Gasteiger partial charge in [0.2, 0.25) is 0 Å². The van der Waals surface area contributed by atoms with E-state index in [-0.39, 0.29) is 11.1 Å². The molecule has 18 heavy (non-hydrogen) atoms. The maximum Gasteiger partial charge on any atom is 0.142 e. The molecule has 0 radical (unpaired) electrons. The maximum absolute atomic E-state index is 13.4. The molecular weight excluding hydrogens is 253 g/mol. The molecule has 0 fully saturated rings. The highest BCUT2D eigenvalue weighted by Gasteiger charge is 2.12. The van der Waals surface area contributed by atoms with E-state index in [4.69, 9.17) is 11.6 Å². The minimum atomic E-state index is -0.400. The first-order valence-corrected chi connectivity index (χ1v) is 5.95. The summed E-state index contributed by atoms with van der Waals surface area (Å²) >= 11 is 5.66. The summed E-state index contributed by atoms with van der Waals surface area (Å²) in [4.78, 5) is 8.27. The molecule has 0 aliphatic rings. The molecule has 1 aromatic carbocycles. The number of hydrogen-bond acceptors (Lipinski definition) is 3. The molecule has 2 aromatic rings. The Balaban J connectivity index is 2.18. The van der Waals surface area contributed by atoms with Gasteiger partial charge in [0, 0.05) is 18.6 Å². The van der Waals surface area contributed by atoms with Crippen LogP contribution in [0, 0.1) is 5.82 Å². The van der Waals surface area contributed by atoms with Crippen LogP contribution >= 0.6 is 11.6 Å². The van der Waals surface area contributed by atoms with Gasteiger partial charge in [-0.15, -0.1) is 0 Å². The van der Waals surface area contributed by atoms with E-state index in [1.165, 1.54) is 6.07 Å². The Morgan fingerprint density at radius 1 is 1.39 bits per heavy atom. The van der Waals surface area contributed by atoms with Crippen molar-refractivity contribution < 1.29 is 4.39 Å². The summed E-state index contributed by atoms with van der Waals surface area (Å²) in [5.74, 6) is -0.400. The molecule has 1 unspecified atom stereocenters. The minimum Gasteiger partial charge on any atom is -0.311 e. The smallest absolute Gasteiger partial charge is 0.142 e. The van der Waals surface area contributed by atoms with Crippen molar-refractivity contribution in [3.05, 3.63) is 58.9 Å². The van der Waals surface area contributed by atoms with E-state index in [0.717, 1.165) is 11.3 Å². The van der Waals surface area contributed by atoms with Crippen molar-refractivity contribution in [2.45, 2.75) is 12.5 Å². The van der Waals surface area contributed by atoms with Crippen LogP contribution < -0.4 is 5.32 Å². The molecule has 0 saturated heterocycles. The highest BCUT2D eigenvalue weighted by molar-refractivity contribution is 6.30. The summed E-state index contributed by atoms with van der Waals surface area (Å²) in [6.45, 7) is 0. The standard InChI is InChI=1S/C13H13ClFN3/c1-16-12(13-8-17-4-5-18-13)7-9-2-3-10(14)11(15)6-9/h2-6,8,12,16H,7H2,1H3. The summed E-state index contributed by atoms with van der Waals surface area (Å²) in [5.41, 5.74) is 1.69. The lowest BCUT2D eigenvalue weighted by molar-refractivity contribution is 0.568. The second-order valence-electron chi connectivity index (χ2n) is 3.92. The van der Waals surface area contributed by atoms with E-state index in [2.05, 4.69) is 15.3 Å². The van der Waals surface area contributed by atoms with Crippen LogP contribution in [0.1, 0.15) is 17.3 Å². The van der Waals surface area contributed by atoms with Crippen molar-refractivity contribution >= 4 is 11.6 Å². The number of nitrogens with one attached hydrogen (secondary N) is 1. The van der Waals surface area contributed by atoms with Crippen LogP contribution in [-0.4, -0.2) is 17.0 Å². The average Bonchev–Trinajstić information content (AvgIpc) is 2.41. The first-order chi connectivity index (χ1) is 8.70. The van der Waals surface area contributed by atoms with Gasteiger partial charge in [-0.05, 0) is 31.2 Å². The molecule has 5 heteroatoms. The Morgan fingerprint density at radius 3 is 2.83 bits per heavy atom. The summed E-state index contributed by atoms with van der Waals surface area (Å²) in [5, 5.41) is 3.28. The number of hydrogen-bond donors (Lipinski definition) is 1. The van der Waals surface area contributed by atoms with Gasteiger partial charge in [0.05, 0.1) is 16.8 Å². The molecule has 1 heterocycles. The number of benzene rings is 1. The Hall–Kier alpha value is -1.52. The number of aromatic nitrogens is 2. The number of halogens is 2. The van der Waals surface area contributed by atoms with Gasteiger partial charge in [-0.25, -0.2) is 4.39 Å². The molecule has 0 spiro atoms. The third kappa shape index (κ3) is 3.03. The topological polar surface area (TPSA) is 37.8 Å². The molecule has 1 N–H and O–H groups in total. The molecule has 1 atom stereocenters. The van der Waals surface area contributed by atoms with Crippen LogP contribution in [0.5, 0.6) is 0 Å². The monoisotopic (exact) mass is 265 g/mol. The second kappa shape index (κ2) is 5.89. The summed E-state index contributed by atoms with van der Waals surface area (Å²) in [6.07, 6.45) is 5.59. The van der Waals surface area contributed by atoms with E-state index < -0.39 is 5.82 Å². The third-order valence-corrected chi connectivity index (χ3v) is 3.02. The largest absolute Gasteiger partial charge is 0.311 e. The molecule has 0 saturated carbocycles. The lowest BCUT2D eigenvalue weighted by atomic mass is 10.0. The first-order valence-electron chi connectivity index (χ1n) is 5.58. The van der Waals surface area contributed by atoms with Gasteiger partial charge in [-0.3, -0.25) is 9.97 Å². The Morgan fingerprint density at radius 2 is 2.22 bits per heavy atom. The van der Waals surface area contributed by atoms with Gasteiger partial charge in [0.1, 0.15) is 5.82 Å². The molecule has 0 aliphatic heterocycles. The highest BCUT2D eigenvalue weighted by Crippen LogP contribution is 2.20. The summed E-state index contributed by atoms with van der Waals surface area (Å²) < 4.78 is 13.4. The van der Waals surface area contributed by atoms with Crippen molar-refractivity contribution in [1.82, 2.24) is 15.3 Å². The van der Waals surface area contributed by atoms with Gasteiger partial charge >= 0.3 is 0 Å². The van der Waals surface area contributed by atoms with E-state index in [9.17, 15) is 4.39 Å². The summed E-state index contributed by atoms with van der Waals surface area (Å²) in [7, 11) is 1.84. The number of nitrogens with zero attached hydrogens (tertiary/aromatic N) is 2. The fourth-order valence-corrected chi connectivity index (χ4v) is 1.86. The normalized spacial score (nSPS) is 12.4. The van der Waals surface area contributed by atoms with Crippen LogP contribution in [0.4, 0.5) is 4.39 Å². The first kappa shape index (κ1) is 12.9. The fourth-order valence-electron chi connectivity index (χ4n) is 1.75. The second-order valence-corrected chi connectivity index (χ2v) is 4.33. The lowest BCUT2D eigenvalue weighted by Gasteiger charge is -2.15. The zero-order valence-corrected chi connectivity index (χ0v) is 10.7. The van der Waals surface area contributed by atoms with Crippen LogP contribution in [-0.2, 0) is 6.42 Å². The van der Waals surface area contributed by atoms with Crippen molar-refractivity contribution in [3.63, 3.8) is 0 Å². The molecular formula is C13H13ClFN3. The number of likely N-dealkylation sites (N-methyl/N-ethyl adjacent to an activating group) is 1. The Kier molecular flexibility index (Phi) is 4.23. The van der Waals surface area contributed by atoms with Gasteiger partial charge in [0.25, 0.3) is 0 Å². The molecule has 0 bridgehead atoms. The molecule has 2 rings (SSSR count). The lowest BCUT2D eigenvalue weighted by Crippen LogP contribution is -2.20. The zero-order chi connectivity index (χ0) is 13.0. The van der Waals surface area contributed by atoms with Gasteiger partial charge in [-0.1, -0.05) is 17.7 Å². The quantitative estimate of drug-likeness (QED) is 0.924. The molecule has 3 nitrogen and oxygen atoms in total. The van der Waals surface area contributed by atoms with Gasteiger partial charge < -0.3 is 5.32 Å². The molecule has 94 valence electrons. The third-order valence-electron chi connectivity index (χ3n) is 2.71. The van der Waals surface area contributed by atoms with Gasteiger partial charge in [0.15, 0.2) is 0 Å². The number of rotatable bonds is 4. The van der Waals surface area contributed by atoms with Crippen LogP contribution in [0.2, 0.25) is 5.02 Å². The van der Waals surface area contributed by atoms with Crippen LogP contribution in [0.15, 0.2) is 36.8 Å². The summed E-state index contributed by atoms with van der Waals surface area (Å²) in [6, 6.07) is 4.82. The Labute approximate surface area is 110 Å². The van der Waals surface area contributed by atoms with Crippen molar-refractivity contribution in [3.8, 4) is 0 Å². The predicted molar refractivity (Wildman–Crippen MR) is 68.9 cm³/mol. The molecule has 0 aliphatic carbocycles. The van der Waals surface area contributed by atoms with Crippen LogP contribution in [0.3, 0.4) is 0 Å². The highest BCUT2D eigenvalue weighted by atomic mass is 35.5. The maximum atomic E-state index is 13.4. The zero-order valence-electron chi connectivity index (χ0n) is 9.90. The SMILES string of the molecule is CNC(Cc1ccc(Cl)c(F)c1)c1cnccn1. The predicted octanol–water partition coefficient (Wildman–Crippen LogP) is 2.77.